The molecule has 0 radical (unpaired) electrons. The van der Waals surface area contributed by atoms with Gasteiger partial charge in [-0.15, -0.1) is 0 Å². The van der Waals surface area contributed by atoms with Crippen molar-refractivity contribution in [2.24, 2.45) is 5.73 Å². The standard InChI is InChI=1S/C23H14BrN3O6/c1-2-31-22(30)27-15-8-7-11(24)9-13(15)23(21(27)29)14(10-25)19(26)33-18-12-5-3-4-6-16(12)32-20(28)17(18)23/h3-9H,2,26H2,1H3. The van der Waals surface area contributed by atoms with Crippen molar-refractivity contribution in [1.82, 2.24) is 0 Å². The van der Waals surface area contributed by atoms with Crippen LogP contribution < -0.4 is 21.0 Å². The van der Waals surface area contributed by atoms with Gasteiger partial charge in [0.1, 0.15) is 22.8 Å². The van der Waals surface area contributed by atoms with Crippen LogP contribution in [0.4, 0.5) is 10.5 Å². The fourth-order valence-corrected chi connectivity index (χ4v) is 4.77. The van der Waals surface area contributed by atoms with Crippen LogP contribution in [0.2, 0.25) is 0 Å². The Balaban J connectivity index is 1.98. The molecule has 2 N–H and O–H groups in total. The normalized spacial score (nSPS) is 18.7. The van der Waals surface area contributed by atoms with Crippen molar-refractivity contribution in [2.45, 2.75) is 12.3 Å². The number of benzene rings is 2. The lowest BCUT2D eigenvalue weighted by Gasteiger charge is -2.33. The van der Waals surface area contributed by atoms with Crippen LogP contribution in [0, 0.1) is 11.3 Å². The molecule has 2 aliphatic heterocycles. The van der Waals surface area contributed by atoms with Crippen LogP contribution in [0.25, 0.3) is 11.0 Å². The summed E-state index contributed by atoms with van der Waals surface area (Å²) in [6.07, 6.45) is -0.947. The predicted molar refractivity (Wildman–Crippen MR) is 119 cm³/mol. The van der Waals surface area contributed by atoms with Crippen molar-refractivity contribution in [3.05, 3.63) is 79.9 Å². The van der Waals surface area contributed by atoms with Crippen molar-refractivity contribution in [1.29, 1.82) is 5.26 Å². The Morgan fingerprint density at radius 3 is 2.76 bits per heavy atom. The van der Waals surface area contributed by atoms with E-state index in [9.17, 15) is 19.6 Å². The maximum Gasteiger partial charge on any atom is 0.421 e. The molecule has 2 aromatic carbocycles. The number of anilines is 1. The second-order valence-electron chi connectivity index (χ2n) is 7.29. The zero-order valence-corrected chi connectivity index (χ0v) is 18.6. The summed E-state index contributed by atoms with van der Waals surface area (Å²) in [5.74, 6) is -1.25. The number of rotatable bonds is 1. The largest absolute Gasteiger partial charge is 0.449 e. The van der Waals surface area contributed by atoms with Crippen molar-refractivity contribution >= 4 is 44.6 Å². The zero-order valence-electron chi connectivity index (χ0n) is 17.0. The van der Waals surface area contributed by atoms with E-state index in [0.29, 0.717) is 9.86 Å². The summed E-state index contributed by atoms with van der Waals surface area (Å²) in [4.78, 5) is 41.0. The molecule has 0 saturated carbocycles. The first-order valence-corrected chi connectivity index (χ1v) is 10.6. The summed E-state index contributed by atoms with van der Waals surface area (Å²) in [7, 11) is 0. The number of nitrogens with zero attached hydrogens (tertiary/aromatic N) is 2. The van der Waals surface area contributed by atoms with Crippen molar-refractivity contribution in [3.63, 3.8) is 0 Å². The highest BCUT2D eigenvalue weighted by Gasteiger charge is 2.63. The fourth-order valence-electron chi connectivity index (χ4n) is 4.41. The van der Waals surface area contributed by atoms with Crippen molar-refractivity contribution in [2.75, 3.05) is 11.5 Å². The first-order chi connectivity index (χ1) is 15.9. The number of carbonyl (C=O) groups excluding carboxylic acids is 2. The zero-order chi connectivity index (χ0) is 23.5. The van der Waals surface area contributed by atoms with Gasteiger partial charge in [0, 0.05) is 10.0 Å². The molecule has 2 aliphatic rings. The van der Waals surface area contributed by atoms with Crippen LogP contribution >= 0.6 is 15.9 Å². The average molecular weight is 508 g/mol. The van der Waals surface area contributed by atoms with Crippen LogP contribution in [-0.4, -0.2) is 18.6 Å². The van der Waals surface area contributed by atoms with Gasteiger partial charge in [-0.1, -0.05) is 28.1 Å². The van der Waals surface area contributed by atoms with Crippen LogP contribution in [-0.2, 0) is 14.9 Å². The Kier molecular flexibility index (Phi) is 4.54. The second kappa shape index (κ2) is 7.21. The third-order valence-electron chi connectivity index (χ3n) is 5.66. The van der Waals surface area contributed by atoms with E-state index in [-0.39, 0.29) is 46.2 Å². The Hall–Kier alpha value is -4.10. The smallest absolute Gasteiger partial charge is 0.421 e. The van der Waals surface area contributed by atoms with Crippen LogP contribution in [0.3, 0.4) is 0 Å². The molecule has 1 unspecified atom stereocenters. The van der Waals surface area contributed by atoms with E-state index in [1.54, 1.807) is 43.3 Å². The molecule has 5 rings (SSSR count). The van der Waals surface area contributed by atoms with Gasteiger partial charge in [0.05, 0.1) is 17.7 Å². The Labute approximate surface area is 194 Å². The summed E-state index contributed by atoms with van der Waals surface area (Å²) < 4.78 is 16.9. The number of nitrogens with two attached hydrogens (primary N) is 1. The number of fused-ring (bicyclic) bond motifs is 6. The Morgan fingerprint density at radius 1 is 1.27 bits per heavy atom. The number of nitriles is 1. The molecule has 164 valence electrons. The Bertz CT molecular complexity index is 1520. The minimum atomic E-state index is -2.07. The quantitative estimate of drug-likeness (QED) is 0.494. The molecular weight excluding hydrogens is 494 g/mol. The summed E-state index contributed by atoms with van der Waals surface area (Å²) in [6, 6.07) is 13.2. The molecule has 2 amide bonds. The Morgan fingerprint density at radius 2 is 2.03 bits per heavy atom. The van der Waals surface area contributed by atoms with E-state index in [4.69, 9.17) is 19.6 Å². The number of hydrogen-bond acceptors (Lipinski definition) is 8. The monoisotopic (exact) mass is 507 g/mol. The van der Waals surface area contributed by atoms with Crippen molar-refractivity contribution in [3.8, 4) is 11.8 Å². The highest BCUT2D eigenvalue weighted by molar-refractivity contribution is 9.10. The van der Waals surface area contributed by atoms with Gasteiger partial charge in [-0.2, -0.15) is 5.26 Å². The van der Waals surface area contributed by atoms with Crippen LogP contribution in [0.5, 0.6) is 5.75 Å². The van der Waals surface area contributed by atoms with E-state index in [2.05, 4.69) is 15.9 Å². The van der Waals surface area contributed by atoms with Gasteiger partial charge in [-0.25, -0.2) is 14.5 Å². The van der Waals surface area contributed by atoms with E-state index in [1.807, 2.05) is 6.07 Å². The number of hydrogen-bond donors (Lipinski definition) is 1. The third kappa shape index (κ3) is 2.60. The minimum absolute atomic E-state index is 0.0108. The van der Waals surface area contributed by atoms with E-state index in [1.165, 1.54) is 6.07 Å². The predicted octanol–water partition coefficient (Wildman–Crippen LogP) is 3.43. The molecule has 1 atom stereocenters. The number of imide groups is 1. The summed E-state index contributed by atoms with van der Waals surface area (Å²) in [5.41, 5.74) is 3.19. The number of carbonyl (C=O) groups is 2. The first kappa shape index (κ1) is 20.8. The van der Waals surface area contributed by atoms with Crippen LogP contribution in [0.1, 0.15) is 18.1 Å². The molecular formula is C23H14BrN3O6. The highest BCUT2D eigenvalue weighted by Crippen LogP contribution is 2.55. The van der Waals surface area contributed by atoms with Crippen LogP contribution in [0.15, 0.2) is 67.6 Å². The van der Waals surface area contributed by atoms with Gasteiger partial charge in [0.25, 0.3) is 5.91 Å². The topological polar surface area (TPSA) is 136 Å². The van der Waals surface area contributed by atoms with Crippen molar-refractivity contribution < 1.29 is 23.5 Å². The van der Waals surface area contributed by atoms with E-state index >= 15 is 0 Å². The van der Waals surface area contributed by atoms with Gasteiger partial charge in [-0.05, 0) is 37.3 Å². The molecule has 9 nitrogen and oxygen atoms in total. The molecule has 0 bridgehead atoms. The molecule has 3 heterocycles. The molecule has 0 fully saturated rings. The van der Waals surface area contributed by atoms with Gasteiger partial charge in [0.2, 0.25) is 5.88 Å². The van der Waals surface area contributed by atoms with Gasteiger partial charge in [-0.3, -0.25) is 4.79 Å². The van der Waals surface area contributed by atoms with E-state index in [0.717, 1.165) is 4.90 Å². The maximum atomic E-state index is 14.1. The second-order valence-corrected chi connectivity index (χ2v) is 8.21. The minimum Gasteiger partial charge on any atom is -0.449 e. The average Bonchev–Trinajstić information content (AvgIpc) is 3.02. The maximum absolute atomic E-state index is 14.1. The highest BCUT2D eigenvalue weighted by atomic mass is 79.9. The lowest BCUT2D eigenvalue weighted by Crippen LogP contribution is -2.50. The third-order valence-corrected chi connectivity index (χ3v) is 6.16. The summed E-state index contributed by atoms with van der Waals surface area (Å²) in [6.45, 7) is 1.61. The lowest BCUT2D eigenvalue weighted by molar-refractivity contribution is -0.120. The molecule has 1 spiro atoms. The number of amides is 2. The number of halogens is 1. The molecule has 10 heteroatoms. The SMILES string of the molecule is CCOC(=O)N1C(=O)C2(C(C#N)=C(N)Oc3c2c(=O)oc2ccccc32)c2cc(Br)ccc21. The number of para-hydroxylation sites is 1. The molecule has 1 aromatic heterocycles. The van der Waals surface area contributed by atoms with Gasteiger partial charge >= 0.3 is 11.7 Å². The van der Waals surface area contributed by atoms with Gasteiger partial charge in [0.15, 0.2) is 11.2 Å². The summed E-state index contributed by atoms with van der Waals surface area (Å²) >= 11 is 3.37. The van der Waals surface area contributed by atoms with Gasteiger partial charge < -0.3 is 19.6 Å². The molecule has 0 saturated heterocycles. The molecule has 3 aromatic rings. The first-order valence-electron chi connectivity index (χ1n) is 9.82. The summed E-state index contributed by atoms with van der Waals surface area (Å²) in [5, 5.41) is 10.4. The fraction of sp³-hybridized carbons (Fsp3) is 0.130. The molecule has 0 aliphatic carbocycles. The lowest BCUT2D eigenvalue weighted by atomic mass is 9.69. The number of ether oxygens (including phenoxy) is 2. The van der Waals surface area contributed by atoms with E-state index < -0.39 is 23.0 Å². The molecule has 33 heavy (non-hydrogen) atoms.